The Morgan fingerprint density at radius 1 is 1.27 bits per heavy atom. The summed E-state index contributed by atoms with van der Waals surface area (Å²) < 4.78 is 4.58. The zero-order valence-electron chi connectivity index (χ0n) is 9.49. The average molecular weight is 216 g/mol. The molecule has 0 fully saturated rings. The van der Waals surface area contributed by atoms with Crippen LogP contribution in [0.4, 0.5) is 0 Å². The molecule has 0 aliphatic heterocycles. The lowest BCUT2D eigenvalue weighted by molar-refractivity contribution is -0.157. The van der Waals surface area contributed by atoms with Gasteiger partial charge in [0, 0.05) is 0 Å². The van der Waals surface area contributed by atoms with Crippen molar-refractivity contribution < 1.29 is 19.4 Å². The molecule has 0 aromatic heterocycles. The minimum atomic E-state index is -1.11. The van der Waals surface area contributed by atoms with Crippen LogP contribution in [0.2, 0.25) is 0 Å². The molecule has 0 radical (unpaired) electrons. The molecule has 1 atom stereocenters. The molecule has 4 nitrogen and oxygen atoms in total. The normalized spacial score (nSPS) is 12.1. The standard InChI is InChI=1S/C11H20O4/c1-3-4-5-6-7-9(2)11(14)15-8-10(12)13/h9H,3-8H2,1-2H3,(H,12,13). The van der Waals surface area contributed by atoms with Gasteiger partial charge in [-0.1, -0.05) is 39.5 Å². The molecule has 0 aromatic rings. The van der Waals surface area contributed by atoms with Crippen molar-refractivity contribution in [2.24, 2.45) is 5.92 Å². The van der Waals surface area contributed by atoms with E-state index in [2.05, 4.69) is 11.7 Å². The molecule has 0 aliphatic rings. The van der Waals surface area contributed by atoms with Gasteiger partial charge in [0.05, 0.1) is 5.92 Å². The highest BCUT2D eigenvalue weighted by Gasteiger charge is 2.14. The van der Waals surface area contributed by atoms with Crippen LogP contribution in [0, 0.1) is 5.92 Å². The molecule has 0 heterocycles. The summed E-state index contributed by atoms with van der Waals surface area (Å²) in [5.74, 6) is -1.71. The highest BCUT2D eigenvalue weighted by molar-refractivity contribution is 5.76. The highest BCUT2D eigenvalue weighted by Crippen LogP contribution is 2.11. The van der Waals surface area contributed by atoms with E-state index in [4.69, 9.17) is 5.11 Å². The molecule has 0 rings (SSSR count). The van der Waals surface area contributed by atoms with E-state index >= 15 is 0 Å². The molecule has 0 aromatic carbocycles. The van der Waals surface area contributed by atoms with Gasteiger partial charge < -0.3 is 9.84 Å². The maximum Gasteiger partial charge on any atom is 0.341 e. The summed E-state index contributed by atoms with van der Waals surface area (Å²) in [4.78, 5) is 21.4. The van der Waals surface area contributed by atoms with Crippen molar-refractivity contribution in [2.75, 3.05) is 6.61 Å². The molecule has 1 unspecified atom stereocenters. The lowest BCUT2D eigenvalue weighted by atomic mass is 10.0. The number of rotatable bonds is 8. The first-order valence-electron chi connectivity index (χ1n) is 5.46. The molecule has 0 amide bonds. The van der Waals surface area contributed by atoms with Crippen LogP contribution in [-0.2, 0) is 14.3 Å². The molecule has 0 aliphatic carbocycles. The van der Waals surface area contributed by atoms with Crippen molar-refractivity contribution in [2.45, 2.75) is 46.0 Å². The third-order valence-corrected chi connectivity index (χ3v) is 2.23. The number of carbonyl (C=O) groups excluding carboxylic acids is 1. The van der Waals surface area contributed by atoms with Crippen LogP contribution < -0.4 is 0 Å². The number of carboxylic acids is 1. The van der Waals surface area contributed by atoms with Gasteiger partial charge in [-0.3, -0.25) is 4.79 Å². The Hall–Kier alpha value is -1.06. The quantitative estimate of drug-likeness (QED) is 0.499. The zero-order valence-corrected chi connectivity index (χ0v) is 9.49. The molecule has 0 saturated carbocycles. The summed E-state index contributed by atoms with van der Waals surface area (Å²) in [5.41, 5.74) is 0. The predicted molar refractivity (Wildman–Crippen MR) is 56.5 cm³/mol. The third-order valence-electron chi connectivity index (χ3n) is 2.23. The van der Waals surface area contributed by atoms with E-state index in [-0.39, 0.29) is 5.92 Å². The van der Waals surface area contributed by atoms with Gasteiger partial charge >= 0.3 is 11.9 Å². The van der Waals surface area contributed by atoms with Crippen LogP contribution >= 0.6 is 0 Å². The summed E-state index contributed by atoms with van der Waals surface area (Å²) in [6.45, 7) is 3.37. The second-order valence-electron chi connectivity index (χ2n) is 3.75. The van der Waals surface area contributed by atoms with E-state index in [9.17, 15) is 9.59 Å². The van der Waals surface area contributed by atoms with Crippen LogP contribution in [0.15, 0.2) is 0 Å². The largest absolute Gasteiger partial charge is 0.479 e. The Kier molecular flexibility index (Phi) is 7.68. The number of carboxylic acid groups (broad SMARTS) is 1. The van der Waals surface area contributed by atoms with Crippen molar-refractivity contribution >= 4 is 11.9 Å². The summed E-state index contributed by atoms with van der Waals surface area (Å²) in [5, 5.41) is 8.31. The van der Waals surface area contributed by atoms with Gasteiger partial charge in [0.2, 0.25) is 0 Å². The number of aliphatic carboxylic acids is 1. The molecule has 0 saturated heterocycles. The smallest absolute Gasteiger partial charge is 0.341 e. The van der Waals surface area contributed by atoms with E-state index in [0.29, 0.717) is 0 Å². The maximum absolute atomic E-state index is 11.2. The third kappa shape index (κ3) is 7.97. The second kappa shape index (κ2) is 8.26. The molecule has 15 heavy (non-hydrogen) atoms. The van der Waals surface area contributed by atoms with E-state index in [1.165, 1.54) is 6.42 Å². The average Bonchev–Trinajstić information content (AvgIpc) is 2.20. The fourth-order valence-electron chi connectivity index (χ4n) is 1.27. The van der Waals surface area contributed by atoms with Crippen LogP contribution in [0.3, 0.4) is 0 Å². The summed E-state index contributed by atoms with van der Waals surface area (Å²) in [6.07, 6.45) is 5.23. The van der Waals surface area contributed by atoms with E-state index in [0.717, 1.165) is 25.7 Å². The van der Waals surface area contributed by atoms with Gasteiger partial charge in [0.15, 0.2) is 6.61 Å². The van der Waals surface area contributed by atoms with Crippen molar-refractivity contribution in [1.29, 1.82) is 0 Å². The number of hydrogen-bond acceptors (Lipinski definition) is 3. The van der Waals surface area contributed by atoms with Crippen LogP contribution in [0.5, 0.6) is 0 Å². The topological polar surface area (TPSA) is 63.6 Å². The van der Waals surface area contributed by atoms with E-state index < -0.39 is 18.5 Å². The molecule has 0 spiro atoms. The van der Waals surface area contributed by atoms with Crippen molar-refractivity contribution in [3.8, 4) is 0 Å². The van der Waals surface area contributed by atoms with Crippen LogP contribution in [0.1, 0.15) is 46.0 Å². The van der Waals surface area contributed by atoms with Gasteiger partial charge in [-0.05, 0) is 6.42 Å². The van der Waals surface area contributed by atoms with Crippen molar-refractivity contribution in [3.05, 3.63) is 0 Å². The molecule has 88 valence electrons. The monoisotopic (exact) mass is 216 g/mol. The first-order valence-corrected chi connectivity index (χ1v) is 5.46. The SMILES string of the molecule is CCCCCCC(C)C(=O)OCC(=O)O. The molecular weight excluding hydrogens is 196 g/mol. The van der Waals surface area contributed by atoms with Gasteiger partial charge in [-0.2, -0.15) is 0 Å². The van der Waals surface area contributed by atoms with Gasteiger partial charge in [0.1, 0.15) is 0 Å². The fraction of sp³-hybridized carbons (Fsp3) is 0.818. The lowest BCUT2D eigenvalue weighted by Gasteiger charge is -2.09. The Morgan fingerprint density at radius 2 is 1.93 bits per heavy atom. The molecular formula is C11H20O4. The Balaban J connectivity index is 3.55. The minimum absolute atomic E-state index is 0.193. The fourth-order valence-corrected chi connectivity index (χ4v) is 1.27. The number of esters is 1. The Bertz CT molecular complexity index is 201. The maximum atomic E-state index is 11.2. The number of hydrogen-bond donors (Lipinski definition) is 1. The van der Waals surface area contributed by atoms with Crippen molar-refractivity contribution in [3.63, 3.8) is 0 Å². The van der Waals surface area contributed by atoms with Gasteiger partial charge in [-0.15, -0.1) is 0 Å². The highest BCUT2D eigenvalue weighted by atomic mass is 16.5. The second-order valence-corrected chi connectivity index (χ2v) is 3.75. The number of ether oxygens (including phenoxy) is 1. The van der Waals surface area contributed by atoms with E-state index in [1.54, 1.807) is 6.92 Å². The molecule has 0 bridgehead atoms. The van der Waals surface area contributed by atoms with E-state index in [1.807, 2.05) is 0 Å². The van der Waals surface area contributed by atoms with Gasteiger partial charge in [0.25, 0.3) is 0 Å². The molecule has 4 heteroatoms. The van der Waals surface area contributed by atoms with Crippen LogP contribution in [0.25, 0.3) is 0 Å². The Labute approximate surface area is 90.6 Å². The first kappa shape index (κ1) is 13.9. The molecule has 1 N–H and O–H groups in total. The first-order chi connectivity index (χ1) is 7.07. The van der Waals surface area contributed by atoms with Crippen LogP contribution in [-0.4, -0.2) is 23.7 Å². The Morgan fingerprint density at radius 3 is 2.47 bits per heavy atom. The minimum Gasteiger partial charge on any atom is -0.479 e. The van der Waals surface area contributed by atoms with Crippen molar-refractivity contribution in [1.82, 2.24) is 0 Å². The lowest BCUT2D eigenvalue weighted by Crippen LogP contribution is -2.19. The predicted octanol–water partition coefficient (Wildman–Crippen LogP) is 2.22. The number of unbranched alkanes of at least 4 members (excludes halogenated alkanes) is 3. The number of carbonyl (C=O) groups is 2. The summed E-state index contributed by atoms with van der Waals surface area (Å²) in [6, 6.07) is 0. The zero-order chi connectivity index (χ0) is 11.7. The summed E-state index contributed by atoms with van der Waals surface area (Å²) >= 11 is 0. The van der Waals surface area contributed by atoms with Gasteiger partial charge in [-0.25, -0.2) is 4.79 Å². The summed E-state index contributed by atoms with van der Waals surface area (Å²) in [7, 11) is 0.